The molecular formula is C7H12ClN3O3S. The van der Waals surface area contributed by atoms with E-state index >= 15 is 0 Å². The van der Waals surface area contributed by atoms with Gasteiger partial charge in [0.05, 0.1) is 12.9 Å². The van der Waals surface area contributed by atoms with E-state index in [1.54, 1.807) is 7.05 Å². The van der Waals surface area contributed by atoms with Gasteiger partial charge in [0.15, 0.2) is 0 Å². The van der Waals surface area contributed by atoms with Gasteiger partial charge < -0.3 is 9.67 Å². The van der Waals surface area contributed by atoms with Gasteiger partial charge in [0, 0.05) is 13.1 Å². The van der Waals surface area contributed by atoms with E-state index in [0.29, 0.717) is 0 Å². The molecule has 2 N–H and O–H groups in total. The number of aliphatic hydroxyl groups excluding tert-OH is 1. The number of rotatable bonds is 4. The molecule has 1 aromatic heterocycles. The number of hydrogen-bond donors (Lipinski definition) is 2. The molecule has 0 saturated carbocycles. The normalized spacial score (nSPS) is 14.1. The zero-order valence-corrected chi connectivity index (χ0v) is 9.88. The Labute approximate surface area is 92.9 Å². The molecule has 0 radical (unpaired) electrons. The average Bonchev–Trinajstić information content (AvgIpc) is 2.47. The third kappa shape index (κ3) is 2.69. The zero-order valence-electron chi connectivity index (χ0n) is 8.31. The molecule has 1 unspecified atom stereocenters. The van der Waals surface area contributed by atoms with Crippen molar-refractivity contribution in [2.24, 2.45) is 7.05 Å². The summed E-state index contributed by atoms with van der Waals surface area (Å²) in [7, 11) is -2.17. The van der Waals surface area contributed by atoms with Crippen molar-refractivity contribution in [1.82, 2.24) is 14.3 Å². The number of sulfonamides is 1. The van der Waals surface area contributed by atoms with Crippen LogP contribution in [-0.4, -0.2) is 35.7 Å². The third-order valence-electron chi connectivity index (χ3n) is 1.72. The minimum absolute atomic E-state index is 0.0349. The van der Waals surface area contributed by atoms with E-state index in [9.17, 15) is 8.42 Å². The first-order valence-electron chi connectivity index (χ1n) is 4.18. The highest BCUT2D eigenvalue weighted by atomic mass is 35.5. The summed E-state index contributed by atoms with van der Waals surface area (Å²) in [5.74, 6) is 0. The standard InChI is InChI=1S/C7H12ClN3O3S/c1-5(3-12)10-15(13,14)7-6(8)11(2)4-9-7/h4-5,10,12H,3H2,1-2H3. The summed E-state index contributed by atoms with van der Waals surface area (Å²) >= 11 is 5.74. The van der Waals surface area contributed by atoms with E-state index in [4.69, 9.17) is 16.7 Å². The molecule has 0 aromatic carbocycles. The molecule has 0 aliphatic rings. The van der Waals surface area contributed by atoms with E-state index in [1.165, 1.54) is 17.8 Å². The topological polar surface area (TPSA) is 84.2 Å². The Kier molecular flexibility index (Phi) is 3.72. The van der Waals surface area contributed by atoms with E-state index < -0.39 is 16.1 Å². The Bertz CT molecular complexity index is 442. The smallest absolute Gasteiger partial charge is 0.261 e. The second kappa shape index (κ2) is 4.48. The summed E-state index contributed by atoms with van der Waals surface area (Å²) in [6.07, 6.45) is 1.31. The molecule has 0 aliphatic carbocycles. The molecule has 0 fully saturated rings. The van der Waals surface area contributed by atoms with Gasteiger partial charge in [-0.05, 0) is 6.92 Å². The lowest BCUT2D eigenvalue weighted by molar-refractivity contribution is 0.265. The van der Waals surface area contributed by atoms with E-state index in [-0.39, 0.29) is 16.8 Å². The van der Waals surface area contributed by atoms with Crippen LogP contribution in [0.25, 0.3) is 0 Å². The van der Waals surface area contributed by atoms with Crippen molar-refractivity contribution in [3.05, 3.63) is 11.5 Å². The van der Waals surface area contributed by atoms with Gasteiger partial charge in [0.2, 0.25) is 5.03 Å². The minimum atomic E-state index is -3.76. The monoisotopic (exact) mass is 253 g/mol. The maximum atomic E-state index is 11.7. The van der Waals surface area contributed by atoms with Gasteiger partial charge >= 0.3 is 0 Å². The van der Waals surface area contributed by atoms with E-state index in [1.807, 2.05) is 0 Å². The molecule has 0 saturated heterocycles. The summed E-state index contributed by atoms with van der Waals surface area (Å²) in [4.78, 5) is 3.67. The van der Waals surface area contributed by atoms with Crippen LogP contribution >= 0.6 is 11.6 Å². The Balaban J connectivity index is 3.02. The highest BCUT2D eigenvalue weighted by Crippen LogP contribution is 2.18. The van der Waals surface area contributed by atoms with Crippen molar-refractivity contribution in [1.29, 1.82) is 0 Å². The molecule has 0 bridgehead atoms. The molecule has 1 rings (SSSR count). The molecule has 1 atom stereocenters. The zero-order chi connectivity index (χ0) is 11.6. The molecule has 6 nitrogen and oxygen atoms in total. The second-order valence-electron chi connectivity index (χ2n) is 3.16. The summed E-state index contributed by atoms with van der Waals surface area (Å²) < 4.78 is 26.9. The molecule has 15 heavy (non-hydrogen) atoms. The number of aromatic nitrogens is 2. The molecule has 0 amide bonds. The number of hydrogen-bond acceptors (Lipinski definition) is 4. The molecule has 1 heterocycles. The lowest BCUT2D eigenvalue weighted by Gasteiger charge is -2.09. The van der Waals surface area contributed by atoms with Gasteiger partial charge in [-0.25, -0.2) is 18.1 Å². The largest absolute Gasteiger partial charge is 0.395 e. The molecule has 0 aliphatic heterocycles. The SMILES string of the molecule is CC(CO)NS(=O)(=O)c1ncn(C)c1Cl. The predicted octanol–water partition coefficient (Wildman–Crippen LogP) is -0.267. The lowest BCUT2D eigenvalue weighted by atomic mass is 10.4. The first-order valence-corrected chi connectivity index (χ1v) is 6.04. The van der Waals surface area contributed by atoms with Gasteiger partial charge in [0.25, 0.3) is 10.0 Å². The number of halogens is 1. The Morgan fingerprint density at radius 2 is 2.33 bits per heavy atom. The fraction of sp³-hybridized carbons (Fsp3) is 0.571. The van der Waals surface area contributed by atoms with Gasteiger partial charge in [0.1, 0.15) is 5.15 Å². The summed E-state index contributed by atoms with van der Waals surface area (Å²) in [6.45, 7) is 1.25. The number of aliphatic hydroxyl groups is 1. The highest BCUT2D eigenvalue weighted by Gasteiger charge is 2.23. The Morgan fingerprint density at radius 3 is 2.73 bits per heavy atom. The summed E-state index contributed by atoms with van der Waals surface area (Å²) in [5, 5.41) is 8.54. The van der Waals surface area contributed by atoms with Crippen molar-refractivity contribution >= 4 is 21.6 Å². The summed E-state index contributed by atoms with van der Waals surface area (Å²) in [6, 6.07) is -0.576. The van der Waals surface area contributed by atoms with Gasteiger partial charge in [-0.3, -0.25) is 0 Å². The van der Waals surface area contributed by atoms with Crippen LogP contribution in [0.2, 0.25) is 5.15 Å². The highest BCUT2D eigenvalue weighted by molar-refractivity contribution is 7.89. The minimum Gasteiger partial charge on any atom is -0.395 e. The number of nitrogens with one attached hydrogen (secondary N) is 1. The fourth-order valence-electron chi connectivity index (χ4n) is 0.932. The molecular weight excluding hydrogens is 242 g/mol. The van der Waals surface area contributed by atoms with Crippen molar-refractivity contribution in [3.63, 3.8) is 0 Å². The maximum Gasteiger partial charge on any atom is 0.261 e. The molecule has 8 heteroatoms. The van der Waals surface area contributed by atoms with Crippen LogP contribution in [0.3, 0.4) is 0 Å². The van der Waals surface area contributed by atoms with Crippen LogP contribution in [-0.2, 0) is 17.1 Å². The van der Waals surface area contributed by atoms with Crippen molar-refractivity contribution in [2.75, 3.05) is 6.61 Å². The maximum absolute atomic E-state index is 11.7. The second-order valence-corrected chi connectivity index (χ2v) is 5.14. The van der Waals surface area contributed by atoms with Crippen LogP contribution in [0, 0.1) is 0 Å². The third-order valence-corrected chi connectivity index (χ3v) is 3.80. The first kappa shape index (κ1) is 12.4. The van der Waals surface area contributed by atoms with Gasteiger partial charge in [-0.2, -0.15) is 0 Å². The van der Waals surface area contributed by atoms with E-state index in [2.05, 4.69) is 9.71 Å². The van der Waals surface area contributed by atoms with Crippen LogP contribution in [0.1, 0.15) is 6.92 Å². The number of aryl methyl sites for hydroxylation is 1. The molecule has 0 spiro atoms. The van der Waals surface area contributed by atoms with Crippen LogP contribution < -0.4 is 4.72 Å². The van der Waals surface area contributed by atoms with Gasteiger partial charge in [-0.1, -0.05) is 11.6 Å². The number of nitrogens with zero attached hydrogens (tertiary/aromatic N) is 2. The predicted molar refractivity (Wildman–Crippen MR) is 55.1 cm³/mol. The molecule has 86 valence electrons. The fourth-order valence-corrected chi connectivity index (χ4v) is 2.60. The first-order chi connectivity index (χ1) is 6.88. The van der Waals surface area contributed by atoms with Crippen molar-refractivity contribution in [2.45, 2.75) is 18.0 Å². The van der Waals surface area contributed by atoms with Crippen LogP contribution in [0.15, 0.2) is 11.4 Å². The van der Waals surface area contributed by atoms with Crippen molar-refractivity contribution < 1.29 is 13.5 Å². The average molecular weight is 254 g/mol. The lowest BCUT2D eigenvalue weighted by Crippen LogP contribution is -2.35. The van der Waals surface area contributed by atoms with Crippen molar-refractivity contribution in [3.8, 4) is 0 Å². The van der Waals surface area contributed by atoms with Gasteiger partial charge in [-0.15, -0.1) is 0 Å². The number of imidazole rings is 1. The van der Waals surface area contributed by atoms with E-state index in [0.717, 1.165) is 0 Å². The summed E-state index contributed by atoms with van der Waals surface area (Å²) in [5.41, 5.74) is 0. The quantitative estimate of drug-likeness (QED) is 0.774. The van der Waals surface area contributed by atoms with Crippen LogP contribution in [0.4, 0.5) is 0 Å². The molecule has 1 aromatic rings. The Morgan fingerprint density at radius 1 is 1.73 bits per heavy atom. The Hall–Kier alpha value is -0.630. The van der Waals surface area contributed by atoms with Crippen LogP contribution in [0.5, 0.6) is 0 Å².